The van der Waals surface area contributed by atoms with E-state index in [0.717, 1.165) is 19.6 Å². The van der Waals surface area contributed by atoms with Crippen molar-refractivity contribution in [1.82, 2.24) is 15.5 Å². The van der Waals surface area contributed by atoms with E-state index in [1.165, 1.54) is 10.5 Å². The van der Waals surface area contributed by atoms with Crippen LogP contribution in [0.2, 0.25) is 0 Å². The van der Waals surface area contributed by atoms with Crippen LogP contribution in [-0.2, 0) is 20.9 Å². The predicted octanol–water partition coefficient (Wildman–Crippen LogP) is 2.51. The Kier molecular flexibility index (Phi) is 16.6. The number of halogens is 1. The SMILES string of the molecule is CCOCCCNC(=NCC(=O)N(C)C)NCC(C)COCc1ccccc1.I. The average molecular weight is 520 g/mol. The number of benzene rings is 1. The third-order valence-electron chi connectivity index (χ3n) is 3.97. The quantitative estimate of drug-likeness (QED) is 0.181. The van der Waals surface area contributed by atoms with E-state index in [2.05, 4.69) is 34.7 Å². The number of aliphatic imine (C=N–C) groups is 1. The van der Waals surface area contributed by atoms with E-state index in [1.54, 1.807) is 14.1 Å². The van der Waals surface area contributed by atoms with Crippen LogP contribution in [0.3, 0.4) is 0 Å². The van der Waals surface area contributed by atoms with Crippen molar-refractivity contribution in [3.8, 4) is 0 Å². The maximum Gasteiger partial charge on any atom is 0.243 e. The van der Waals surface area contributed by atoms with E-state index in [4.69, 9.17) is 9.47 Å². The Balaban J connectivity index is 0.00000784. The third kappa shape index (κ3) is 14.3. The number of ether oxygens (including phenoxy) is 2. The highest BCUT2D eigenvalue weighted by Gasteiger charge is 2.07. The van der Waals surface area contributed by atoms with Crippen molar-refractivity contribution in [1.29, 1.82) is 0 Å². The second-order valence-corrected chi connectivity index (χ2v) is 6.92. The predicted molar refractivity (Wildman–Crippen MR) is 129 cm³/mol. The molecule has 0 saturated heterocycles. The van der Waals surface area contributed by atoms with Gasteiger partial charge in [-0.3, -0.25) is 4.79 Å². The van der Waals surface area contributed by atoms with Crippen molar-refractivity contribution < 1.29 is 14.3 Å². The summed E-state index contributed by atoms with van der Waals surface area (Å²) in [4.78, 5) is 17.7. The molecule has 0 aliphatic heterocycles. The molecule has 1 unspecified atom stereocenters. The molecule has 0 aliphatic carbocycles. The number of carbonyl (C=O) groups excluding carboxylic acids is 1. The fourth-order valence-electron chi connectivity index (χ4n) is 2.27. The molecule has 29 heavy (non-hydrogen) atoms. The fraction of sp³-hybridized carbons (Fsp3) is 0.619. The molecule has 0 aliphatic rings. The smallest absolute Gasteiger partial charge is 0.243 e. The third-order valence-corrected chi connectivity index (χ3v) is 3.97. The molecule has 1 aromatic carbocycles. The average Bonchev–Trinajstić information content (AvgIpc) is 2.69. The minimum Gasteiger partial charge on any atom is -0.382 e. The maximum atomic E-state index is 11.8. The monoisotopic (exact) mass is 520 g/mol. The Labute approximate surface area is 192 Å². The van der Waals surface area contributed by atoms with Crippen LogP contribution >= 0.6 is 24.0 Å². The number of hydrogen-bond donors (Lipinski definition) is 2. The van der Waals surface area contributed by atoms with Crippen LogP contribution in [0.25, 0.3) is 0 Å². The summed E-state index contributed by atoms with van der Waals surface area (Å²) < 4.78 is 11.1. The Morgan fingerprint density at radius 3 is 2.55 bits per heavy atom. The van der Waals surface area contributed by atoms with Gasteiger partial charge in [-0.05, 0) is 24.8 Å². The lowest BCUT2D eigenvalue weighted by Gasteiger charge is -2.17. The van der Waals surface area contributed by atoms with Gasteiger partial charge in [0.25, 0.3) is 0 Å². The second kappa shape index (κ2) is 17.5. The molecule has 7 nitrogen and oxygen atoms in total. The molecule has 0 radical (unpaired) electrons. The minimum absolute atomic E-state index is 0. The number of hydrogen-bond acceptors (Lipinski definition) is 4. The molecule has 1 amide bonds. The van der Waals surface area contributed by atoms with Gasteiger partial charge in [0, 0.05) is 40.4 Å². The normalized spacial score (nSPS) is 12.1. The summed E-state index contributed by atoms with van der Waals surface area (Å²) in [5, 5.41) is 6.56. The van der Waals surface area contributed by atoms with Crippen molar-refractivity contribution >= 4 is 35.8 Å². The van der Waals surface area contributed by atoms with E-state index in [9.17, 15) is 4.79 Å². The molecular weight excluding hydrogens is 483 g/mol. The molecule has 1 rings (SSSR count). The maximum absolute atomic E-state index is 11.8. The first-order chi connectivity index (χ1) is 13.5. The van der Waals surface area contributed by atoms with Crippen molar-refractivity contribution in [2.75, 3.05) is 53.6 Å². The molecule has 0 saturated carbocycles. The number of amides is 1. The van der Waals surface area contributed by atoms with Crippen molar-refractivity contribution in [2.24, 2.45) is 10.9 Å². The van der Waals surface area contributed by atoms with E-state index >= 15 is 0 Å². The van der Waals surface area contributed by atoms with Gasteiger partial charge in [0.2, 0.25) is 5.91 Å². The van der Waals surface area contributed by atoms with E-state index in [1.807, 2.05) is 25.1 Å². The van der Waals surface area contributed by atoms with Crippen LogP contribution in [0.1, 0.15) is 25.8 Å². The lowest BCUT2D eigenvalue weighted by molar-refractivity contribution is -0.127. The molecule has 0 spiro atoms. The van der Waals surface area contributed by atoms with Crippen molar-refractivity contribution in [3.05, 3.63) is 35.9 Å². The summed E-state index contributed by atoms with van der Waals surface area (Å²) in [5.41, 5.74) is 1.17. The van der Waals surface area contributed by atoms with Gasteiger partial charge < -0.3 is 25.0 Å². The Bertz CT molecular complexity index is 570. The highest BCUT2D eigenvalue weighted by molar-refractivity contribution is 14.0. The topological polar surface area (TPSA) is 75.2 Å². The highest BCUT2D eigenvalue weighted by Crippen LogP contribution is 2.02. The summed E-state index contributed by atoms with van der Waals surface area (Å²) in [6.45, 7) is 8.35. The zero-order valence-electron chi connectivity index (χ0n) is 18.1. The fourth-order valence-corrected chi connectivity index (χ4v) is 2.27. The first kappa shape index (κ1) is 27.6. The molecule has 166 valence electrons. The van der Waals surface area contributed by atoms with Crippen molar-refractivity contribution in [3.63, 3.8) is 0 Å². The Hall–Kier alpha value is -1.39. The van der Waals surface area contributed by atoms with E-state index in [0.29, 0.717) is 38.2 Å². The zero-order valence-corrected chi connectivity index (χ0v) is 20.5. The zero-order chi connectivity index (χ0) is 20.6. The Morgan fingerprint density at radius 2 is 1.90 bits per heavy atom. The van der Waals surface area contributed by atoms with E-state index < -0.39 is 0 Å². The largest absolute Gasteiger partial charge is 0.382 e. The number of carbonyl (C=O) groups is 1. The summed E-state index contributed by atoms with van der Waals surface area (Å²) >= 11 is 0. The van der Waals surface area contributed by atoms with Crippen LogP contribution in [0.15, 0.2) is 35.3 Å². The highest BCUT2D eigenvalue weighted by atomic mass is 127. The summed E-state index contributed by atoms with van der Waals surface area (Å²) in [5.74, 6) is 0.917. The summed E-state index contributed by atoms with van der Waals surface area (Å²) in [6.07, 6.45) is 0.881. The molecule has 0 bridgehead atoms. The molecule has 2 N–H and O–H groups in total. The molecule has 8 heteroatoms. The van der Waals surface area contributed by atoms with Gasteiger partial charge in [-0.2, -0.15) is 0 Å². The lowest BCUT2D eigenvalue weighted by Crippen LogP contribution is -2.41. The van der Waals surface area contributed by atoms with Crippen molar-refractivity contribution in [2.45, 2.75) is 26.9 Å². The first-order valence-corrected chi connectivity index (χ1v) is 9.94. The summed E-state index contributed by atoms with van der Waals surface area (Å²) in [7, 11) is 3.46. The molecule has 1 atom stereocenters. The number of guanidine groups is 1. The number of likely N-dealkylation sites (N-methyl/N-ethyl adjacent to an activating group) is 1. The number of nitrogens with one attached hydrogen (secondary N) is 2. The van der Waals surface area contributed by atoms with Gasteiger partial charge in [0.15, 0.2) is 5.96 Å². The second-order valence-electron chi connectivity index (χ2n) is 6.92. The molecular formula is C21H37IN4O3. The van der Waals surface area contributed by atoms with E-state index in [-0.39, 0.29) is 36.4 Å². The number of nitrogens with zero attached hydrogens (tertiary/aromatic N) is 2. The van der Waals surface area contributed by atoms with Gasteiger partial charge in [-0.1, -0.05) is 37.3 Å². The molecule has 0 aromatic heterocycles. The standard InChI is InChI=1S/C21H36N4O3.HI/c1-5-27-13-9-12-22-21(24-15-20(26)25(3)4)23-14-18(2)16-28-17-19-10-7-6-8-11-19;/h6-8,10-11,18H,5,9,12-17H2,1-4H3,(H2,22,23,24);1H. The molecule has 1 aromatic rings. The molecule has 0 fully saturated rings. The van der Waals surface area contributed by atoms with Crippen LogP contribution in [0, 0.1) is 5.92 Å². The lowest BCUT2D eigenvalue weighted by atomic mass is 10.2. The van der Waals surface area contributed by atoms with Crippen LogP contribution < -0.4 is 10.6 Å². The van der Waals surface area contributed by atoms with Gasteiger partial charge in [0.1, 0.15) is 6.54 Å². The van der Waals surface area contributed by atoms with Gasteiger partial charge in [0.05, 0.1) is 13.2 Å². The van der Waals surface area contributed by atoms with Crippen LogP contribution in [-0.4, -0.2) is 70.3 Å². The van der Waals surface area contributed by atoms with Gasteiger partial charge in [-0.25, -0.2) is 4.99 Å². The summed E-state index contributed by atoms with van der Waals surface area (Å²) in [6, 6.07) is 10.1. The minimum atomic E-state index is -0.0327. The van der Waals surface area contributed by atoms with Gasteiger partial charge in [-0.15, -0.1) is 24.0 Å². The Morgan fingerprint density at radius 1 is 1.17 bits per heavy atom. The van der Waals surface area contributed by atoms with Crippen LogP contribution in [0.4, 0.5) is 0 Å². The number of rotatable bonds is 13. The van der Waals surface area contributed by atoms with Crippen LogP contribution in [0.5, 0.6) is 0 Å². The van der Waals surface area contributed by atoms with Gasteiger partial charge >= 0.3 is 0 Å². The first-order valence-electron chi connectivity index (χ1n) is 9.94. The molecule has 0 heterocycles.